The zero-order valence-corrected chi connectivity index (χ0v) is 14.7. The summed E-state index contributed by atoms with van der Waals surface area (Å²) in [6, 6.07) is 18.9. The van der Waals surface area contributed by atoms with Crippen molar-refractivity contribution in [1.82, 2.24) is 4.57 Å². The summed E-state index contributed by atoms with van der Waals surface area (Å²) >= 11 is 0. The van der Waals surface area contributed by atoms with Gasteiger partial charge >= 0.3 is 0 Å². The Bertz CT molecular complexity index is 794. The summed E-state index contributed by atoms with van der Waals surface area (Å²) in [5.74, 6) is 2.27. The van der Waals surface area contributed by atoms with Gasteiger partial charge in [-0.05, 0) is 30.7 Å². The van der Waals surface area contributed by atoms with Crippen molar-refractivity contribution in [3.05, 3.63) is 66.6 Å². The molecule has 3 nitrogen and oxygen atoms in total. The van der Waals surface area contributed by atoms with E-state index in [1.165, 1.54) is 29.2 Å². The van der Waals surface area contributed by atoms with E-state index in [-0.39, 0.29) is 17.0 Å². The number of benzene rings is 2. The molecule has 3 aromatic rings. The fourth-order valence-electron chi connectivity index (χ4n) is 3.24. The van der Waals surface area contributed by atoms with Gasteiger partial charge in [0, 0.05) is 5.56 Å². The zero-order valence-electron chi connectivity index (χ0n) is 13.1. The van der Waals surface area contributed by atoms with Gasteiger partial charge in [-0.15, -0.1) is 0 Å². The van der Waals surface area contributed by atoms with Crippen LogP contribution in [0.2, 0.25) is 0 Å². The van der Waals surface area contributed by atoms with Gasteiger partial charge in [-0.25, -0.2) is 4.57 Å². The molecule has 23 heavy (non-hydrogen) atoms. The number of aryl methyl sites for hydroxylation is 1. The van der Waals surface area contributed by atoms with Crippen LogP contribution >= 0.6 is 0 Å². The van der Waals surface area contributed by atoms with E-state index in [9.17, 15) is 0 Å². The molecule has 0 amide bonds. The Morgan fingerprint density at radius 2 is 1.74 bits per heavy atom. The molecule has 0 saturated carbocycles. The first kappa shape index (κ1) is 15.8. The van der Waals surface area contributed by atoms with Crippen LogP contribution in [-0.4, -0.2) is 11.7 Å². The first-order valence-electron chi connectivity index (χ1n) is 7.71. The van der Waals surface area contributed by atoms with Gasteiger partial charge in [-0.3, -0.25) is 0 Å². The lowest BCUT2D eigenvalue weighted by molar-refractivity contribution is -0.689. The van der Waals surface area contributed by atoms with Gasteiger partial charge < -0.3 is 21.7 Å². The Morgan fingerprint density at radius 3 is 2.43 bits per heavy atom. The number of nitrogens with zero attached hydrogens (tertiary/aromatic N) is 2. The van der Waals surface area contributed by atoms with Crippen LogP contribution in [0.5, 0.6) is 5.75 Å². The second kappa shape index (κ2) is 6.59. The third-order valence-corrected chi connectivity index (χ3v) is 4.31. The molecule has 4 heteroatoms. The van der Waals surface area contributed by atoms with E-state index in [2.05, 4.69) is 57.8 Å². The highest BCUT2D eigenvalue weighted by Crippen LogP contribution is 2.27. The smallest absolute Gasteiger partial charge is 0.262 e. The molecule has 4 rings (SSSR count). The topological polar surface area (TPSA) is 18.0 Å². The fourth-order valence-corrected chi connectivity index (χ4v) is 3.24. The maximum atomic E-state index is 5.28. The van der Waals surface area contributed by atoms with Crippen LogP contribution in [0.3, 0.4) is 0 Å². The van der Waals surface area contributed by atoms with Gasteiger partial charge in [-0.2, -0.15) is 4.57 Å². The lowest BCUT2D eigenvalue weighted by atomic mass is 10.1. The van der Waals surface area contributed by atoms with E-state index in [0.717, 1.165) is 18.7 Å². The molecule has 1 aromatic heterocycles. The highest BCUT2D eigenvalue weighted by molar-refractivity contribution is 5.61. The molecule has 118 valence electrons. The summed E-state index contributed by atoms with van der Waals surface area (Å²) in [6.07, 6.45) is 4.63. The number of methoxy groups -OCH3 is 1. The molecule has 0 radical (unpaired) electrons. The maximum Gasteiger partial charge on any atom is 0.262 e. The third kappa shape index (κ3) is 2.79. The molecule has 0 unspecified atom stereocenters. The molecule has 0 saturated heterocycles. The molecule has 0 spiro atoms. The first-order chi connectivity index (χ1) is 10.9. The van der Waals surface area contributed by atoms with Crippen LogP contribution in [0.15, 0.2) is 60.8 Å². The highest BCUT2D eigenvalue weighted by atomic mass is 79.9. The highest BCUT2D eigenvalue weighted by Gasteiger charge is 2.29. The number of aromatic nitrogens is 2. The van der Waals surface area contributed by atoms with Crippen molar-refractivity contribution >= 4 is 0 Å². The second-order valence-corrected chi connectivity index (χ2v) is 5.63. The molecule has 0 fully saturated rings. The third-order valence-electron chi connectivity index (χ3n) is 4.31. The summed E-state index contributed by atoms with van der Waals surface area (Å²) in [4.78, 5) is 0. The molecule has 0 bridgehead atoms. The van der Waals surface area contributed by atoms with Crippen molar-refractivity contribution in [1.29, 1.82) is 0 Å². The number of imidazole rings is 1. The molecule has 0 N–H and O–H groups in total. The Kier molecular flexibility index (Phi) is 4.53. The predicted octanol–water partition coefficient (Wildman–Crippen LogP) is 0.391. The van der Waals surface area contributed by atoms with E-state index in [0.29, 0.717) is 0 Å². The number of fused-ring (bicyclic) bond motifs is 1. The summed E-state index contributed by atoms with van der Waals surface area (Å²) in [5.41, 5.74) is 3.69. The van der Waals surface area contributed by atoms with Crippen LogP contribution < -0.4 is 26.3 Å². The number of hydrogen-bond donors (Lipinski definition) is 0. The van der Waals surface area contributed by atoms with Gasteiger partial charge in [-0.1, -0.05) is 30.3 Å². The Hall–Kier alpha value is -2.07. The van der Waals surface area contributed by atoms with E-state index in [1.807, 2.05) is 12.1 Å². The Labute approximate surface area is 146 Å². The van der Waals surface area contributed by atoms with Crippen LogP contribution in [0.1, 0.15) is 12.2 Å². The number of hydrogen-bond acceptors (Lipinski definition) is 1. The zero-order chi connectivity index (χ0) is 14.9. The standard InChI is InChI=1S/C19H19N2O.BrH/c1-22-17-11-9-16(10-12-17)21-18(15-6-3-2-4-7-15)14-20-13-5-8-19(20)21;/h2-4,6-7,9-12,14H,5,8,13H2,1H3;1H/q+1;/p-1. The average Bonchev–Trinajstić information content (AvgIpc) is 3.16. The summed E-state index contributed by atoms with van der Waals surface area (Å²) in [7, 11) is 1.70. The lowest BCUT2D eigenvalue weighted by Crippen LogP contribution is -3.00. The Balaban J connectivity index is 0.00000156. The summed E-state index contributed by atoms with van der Waals surface area (Å²) in [5, 5.41) is 0. The Morgan fingerprint density at radius 1 is 1.00 bits per heavy atom. The minimum absolute atomic E-state index is 0. The van der Waals surface area contributed by atoms with E-state index in [4.69, 9.17) is 4.74 Å². The maximum absolute atomic E-state index is 5.28. The van der Waals surface area contributed by atoms with Crippen molar-refractivity contribution in [3.8, 4) is 22.7 Å². The fraction of sp³-hybridized carbons (Fsp3) is 0.211. The molecule has 2 aromatic carbocycles. The van der Waals surface area contributed by atoms with Crippen LogP contribution in [-0.2, 0) is 13.0 Å². The van der Waals surface area contributed by atoms with Gasteiger partial charge in [0.05, 0.1) is 20.1 Å². The van der Waals surface area contributed by atoms with Crippen LogP contribution in [0.4, 0.5) is 0 Å². The van der Waals surface area contributed by atoms with Gasteiger partial charge in [0.1, 0.15) is 17.6 Å². The molecule has 1 aliphatic rings. The summed E-state index contributed by atoms with van der Waals surface area (Å²) in [6.45, 7) is 1.11. The lowest BCUT2D eigenvalue weighted by Gasteiger charge is -2.05. The van der Waals surface area contributed by atoms with E-state index >= 15 is 0 Å². The van der Waals surface area contributed by atoms with E-state index in [1.54, 1.807) is 7.11 Å². The minimum Gasteiger partial charge on any atom is -1.00 e. The average molecular weight is 371 g/mol. The SMILES string of the molecule is COc1ccc(-n2c(-c3ccccc3)c[n+]3c2CCC3)cc1.[Br-]. The quantitative estimate of drug-likeness (QED) is 0.610. The number of halogens is 1. The van der Waals surface area contributed by atoms with Gasteiger partial charge in [0.15, 0.2) is 5.69 Å². The normalized spacial score (nSPS) is 12.6. The molecule has 0 atom stereocenters. The van der Waals surface area contributed by atoms with Gasteiger partial charge in [0.25, 0.3) is 5.82 Å². The van der Waals surface area contributed by atoms with Crippen molar-refractivity contribution < 1.29 is 26.3 Å². The van der Waals surface area contributed by atoms with Gasteiger partial charge in [0.2, 0.25) is 0 Å². The summed E-state index contributed by atoms with van der Waals surface area (Å²) < 4.78 is 10.0. The number of rotatable bonds is 3. The molecular formula is C19H19BrN2O. The van der Waals surface area contributed by atoms with Crippen molar-refractivity contribution in [2.45, 2.75) is 19.4 Å². The van der Waals surface area contributed by atoms with Crippen molar-refractivity contribution in [3.63, 3.8) is 0 Å². The largest absolute Gasteiger partial charge is 1.00 e. The molecule has 0 aliphatic carbocycles. The second-order valence-electron chi connectivity index (χ2n) is 5.63. The molecular weight excluding hydrogens is 352 g/mol. The van der Waals surface area contributed by atoms with Crippen LogP contribution in [0, 0.1) is 0 Å². The van der Waals surface area contributed by atoms with E-state index < -0.39 is 0 Å². The van der Waals surface area contributed by atoms with Crippen LogP contribution in [0.25, 0.3) is 16.9 Å². The monoisotopic (exact) mass is 370 g/mol. The first-order valence-corrected chi connectivity index (χ1v) is 7.71. The van der Waals surface area contributed by atoms with Crippen molar-refractivity contribution in [2.24, 2.45) is 0 Å². The number of ether oxygens (including phenoxy) is 1. The minimum atomic E-state index is 0. The molecule has 1 aliphatic heterocycles. The molecule has 2 heterocycles. The predicted molar refractivity (Wildman–Crippen MR) is 86.3 cm³/mol. The van der Waals surface area contributed by atoms with Crippen molar-refractivity contribution in [2.75, 3.05) is 7.11 Å².